The van der Waals surface area contributed by atoms with Crippen LogP contribution in [-0.4, -0.2) is 27.5 Å². The van der Waals surface area contributed by atoms with Crippen LogP contribution in [0.15, 0.2) is 40.9 Å². The second-order valence-electron chi connectivity index (χ2n) is 6.92. The van der Waals surface area contributed by atoms with E-state index in [4.69, 9.17) is 4.74 Å². The lowest BCUT2D eigenvalue weighted by Gasteiger charge is -2.14. The second kappa shape index (κ2) is 8.59. The van der Waals surface area contributed by atoms with E-state index in [-0.39, 0.29) is 6.10 Å². The van der Waals surface area contributed by atoms with Crippen molar-refractivity contribution in [1.29, 1.82) is 0 Å². The Morgan fingerprint density at radius 3 is 2.93 bits per heavy atom. The number of aromatic nitrogens is 3. The zero-order valence-electron chi connectivity index (χ0n) is 15.9. The molecule has 6 heteroatoms. The van der Waals surface area contributed by atoms with Crippen LogP contribution in [0.4, 0.5) is 0 Å². The van der Waals surface area contributed by atoms with E-state index in [0.29, 0.717) is 0 Å². The molecule has 0 saturated carbocycles. The molecule has 27 heavy (non-hydrogen) atoms. The van der Waals surface area contributed by atoms with Gasteiger partial charge in [-0.25, -0.2) is 0 Å². The van der Waals surface area contributed by atoms with Crippen LogP contribution in [-0.2, 0) is 23.5 Å². The maximum absolute atomic E-state index is 5.90. The number of aryl methyl sites for hydroxylation is 2. The number of thiophene rings is 1. The SMILES string of the molecule is CCc1cc(-c2nnc(SCc3ccccc3C)n2CC2CCCO2)cs1. The number of rotatable bonds is 7. The molecule has 1 aromatic carbocycles. The third-order valence-electron chi connectivity index (χ3n) is 5.01. The largest absolute Gasteiger partial charge is 0.376 e. The van der Waals surface area contributed by atoms with Gasteiger partial charge in [-0.05, 0) is 43.4 Å². The number of hydrogen-bond donors (Lipinski definition) is 0. The lowest BCUT2D eigenvalue weighted by Crippen LogP contribution is -2.16. The van der Waals surface area contributed by atoms with Gasteiger partial charge in [-0.1, -0.05) is 43.0 Å². The quantitative estimate of drug-likeness (QED) is 0.502. The summed E-state index contributed by atoms with van der Waals surface area (Å²) in [5, 5.41) is 12.3. The number of thioether (sulfide) groups is 1. The summed E-state index contributed by atoms with van der Waals surface area (Å²) >= 11 is 3.56. The highest BCUT2D eigenvalue weighted by atomic mass is 32.2. The minimum absolute atomic E-state index is 0.266. The van der Waals surface area contributed by atoms with E-state index < -0.39 is 0 Å². The van der Waals surface area contributed by atoms with Gasteiger partial charge in [-0.2, -0.15) is 0 Å². The van der Waals surface area contributed by atoms with Crippen LogP contribution in [0.3, 0.4) is 0 Å². The molecule has 4 nitrogen and oxygen atoms in total. The molecule has 4 rings (SSSR count). The summed E-state index contributed by atoms with van der Waals surface area (Å²) in [4.78, 5) is 1.38. The third-order valence-corrected chi connectivity index (χ3v) is 7.10. The zero-order valence-corrected chi connectivity index (χ0v) is 17.5. The molecule has 0 bridgehead atoms. The fraction of sp³-hybridized carbons (Fsp3) is 0.429. The molecule has 1 atom stereocenters. The normalized spacial score (nSPS) is 16.9. The Morgan fingerprint density at radius 2 is 2.19 bits per heavy atom. The van der Waals surface area contributed by atoms with Gasteiger partial charge in [0.05, 0.1) is 12.6 Å². The predicted octanol–water partition coefficient (Wildman–Crippen LogP) is 5.35. The summed E-state index contributed by atoms with van der Waals surface area (Å²) in [6.07, 6.45) is 3.58. The minimum Gasteiger partial charge on any atom is -0.376 e. The molecule has 1 saturated heterocycles. The Balaban J connectivity index is 1.60. The summed E-state index contributed by atoms with van der Waals surface area (Å²) < 4.78 is 8.16. The number of nitrogens with zero attached hydrogens (tertiary/aromatic N) is 3. The molecule has 2 aromatic heterocycles. The van der Waals surface area contributed by atoms with E-state index in [2.05, 4.69) is 64.3 Å². The molecule has 1 aliphatic heterocycles. The first kappa shape index (κ1) is 18.7. The first-order valence-electron chi connectivity index (χ1n) is 9.54. The van der Waals surface area contributed by atoms with Crippen molar-refractivity contribution in [3.63, 3.8) is 0 Å². The van der Waals surface area contributed by atoms with Gasteiger partial charge in [0.1, 0.15) is 0 Å². The van der Waals surface area contributed by atoms with Crippen molar-refractivity contribution in [1.82, 2.24) is 14.8 Å². The molecule has 1 unspecified atom stereocenters. The van der Waals surface area contributed by atoms with Gasteiger partial charge in [0.2, 0.25) is 0 Å². The van der Waals surface area contributed by atoms with E-state index in [1.165, 1.54) is 21.6 Å². The third kappa shape index (κ3) is 4.28. The maximum atomic E-state index is 5.90. The van der Waals surface area contributed by atoms with Crippen molar-refractivity contribution in [2.75, 3.05) is 6.61 Å². The van der Waals surface area contributed by atoms with E-state index >= 15 is 0 Å². The van der Waals surface area contributed by atoms with Crippen LogP contribution < -0.4 is 0 Å². The molecule has 142 valence electrons. The monoisotopic (exact) mass is 399 g/mol. The Bertz CT molecular complexity index is 896. The van der Waals surface area contributed by atoms with E-state index in [0.717, 1.165) is 49.1 Å². The summed E-state index contributed by atoms with van der Waals surface area (Å²) in [5.41, 5.74) is 3.84. The Morgan fingerprint density at radius 1 is 1.30 bits per heavy atom. The summed E-state index contributed by atoms with van der Waals surface area (Å²) in [6.45, 7) is 6.05. The smallest absolute Gasteiger partial charge is 0.191 e. The molecule has 1 fully saturated rings. The van der Waals surface area contributed by atoms with Crippen molar-refractivity contribution >= 4 is 23.1 Å². The second-order valence-corrected chi connectivity index (χ2v) is 8.86. The van der Waals surface area contributed by atoms with Crippen molar-refractivity contribution in [3.8, 4) is 11.4 Å². The van der Waals surface area contributed by atoms with Crippen LogP contribution in [0.1, 0.15) is 35.8 Å². The van der Waals surface area contributed by atoms with Crippen LogP contribution in [0.25, 0.3) is 11.4 Å². The van der Waals surface area contributed by atoms with Gasteiger partial charge in [-0.3, -0.25) is 4.57 Å². The number of ether oxygens (including phenoxy) is 1. The van der Waals surface area contributed by atoms with Crippen LogP contribution >= 0.6 is 23.1 Å². The predicted molar refractivity (Wildman–Crippen MR) is 112 cm³/mol. The lowest BCUT2D eigenvalue weighted by atomic mass is 10.1. The lowest BCUT2D eigenvalue weighted by molar-refractivity contribution is 0.0953. The highest BCUT2D eigenvalue weighted by Gasteiger charge is 2.22. The molecule has 3 aromatic rings. The number of benzene rings is 1. The minimum atomic E-state index is 0.266. The molecular weight excluding hydrogens is 374 g/mol. The summed E-state index contributed by atoms with van der Waals surface area (Å²) in [7, 11) is 0. The average Bonchev–Trinajstić information content (AvgIpc) is 3.42. The first-order chi connectivity index (χ1) is 13.2. The molecular formula is C21H25N3OS2. The molecule has 1 aliphatic rings. The van der Waals surface area contributed by atoms with E-state index in [1.54, 1.807) is 23.1 Å². The van der Waals surface area contributed by atoms with Crippen molar-refractivity contribution in [2.24, 2.45) is 0 Å². The molecule has 0 spiro atoms. The standard InChI is InChI=1S/C21H25N3OS2/c1-3-19-11-17(14-26-19)20-22-23-21(24(20)12-18-9-6-10-25-18)27-13-16-8-5-4-7-15(16)2/h4-5,7-8,11,14,18H,3,6,9-10,12-13H2,1-2H3. The Kier molecular flexibility index (Phi) is 5.95. The fourth-order valence-electron chi connectivity index (χ4n) is 3.36. The van der Waals surface area contributed by atoms with Gasteiger partial charge in [-0.15, -0.1) is 21.5 Å². The van der Waals surface area contributed by atoms with Crippen molar-refractivity contribution in [2.45, 2.75) is 56.7 Å². The zero-order chi connectivity index (χ0) is 18.6. The summed E-state index contributed by atoms with van der Waals surface area (Å²) in [6, 6.07) is 10.8. The van der Waals surface area contributed by atoms with Crippen LogP contribution in [0.2, 0.25) is 0 Å². The summed E-state index contributed by atoms with van der Waals surface area (Å²) in [5.74, 6) is 1.87. The highest BCUT2D eigenvalue weighted by Crippen LogP contribution is 2.31. The Hall–Kier alpha value is -1.63. The van der Waals surface area contributed by atoms with Gasteiger partial charge < -0.3 is 4.74 Å². The molecule has 0 radical (unpaired) electrons. The molecule has 0 amide bonds. The van der Waals surface area contributed by atoms with E-state index in [1.807, 2.05) is 0 Å². The molecule has 0 N–H and O–H groups in total. The van der Waals surface area contributed by atoms with Gasteiger partial charge in [0, 0.05) is 28.2 Å². The Labute approximate surface area is 169 Å². The highest BCUT2D eigenvalue weighted by molar-refractivity contribution is 7.98. The van der Waals surface area contributed by atoms with Gasteiger partial charge in [0.25, 0.3) is 0 Å². The van der Waals surface area contributed by atoms with Crippen molar-refractivity contribution in [3.05, 3.63) is 51.7 Å². The topological polar surface area (TPSA) is 39.9 Å². The van der Waals surface area contributed by atoms with Gasteiger partial charge in [0.15, 0.2) is 11.0 Å². The van der Waals surface area contributed by atoms with Gasteiger partial charge >= 0.3 is 0 Å². The number of hydrogen-bond acceptors (Lipinski definition) is 5. The van der Waals surface area contributed by atoms with Crippen molar-refractivity contribution < 1.29 is 4.74 Å². The van der Waals surface area contributed by atoms with Crippen LogP contribution in [0.5, 0.6) is 0 Å². The maximum Gasteiger partial charge on any atom is 0.191 e. The first-order valence-corrected chi connectivity index (χ1v) is 11.4. The molecule has 3 heterocycles. The fourth-order valence-corrected chi connectivity index (χ4v) is 5.20. The molecule has 0 aliphatic carbocycles. The van der Waals surface area contributed by atoms with Crippen LogP contribution in [0, 0.1) is 6.92 Å². The average molecular weight is 400 g/mol. The van der Waals surface area contributed by atoms with E-state index in [9.17, 15) is 0 Å².